The number of rotatable bonds is 3. The number of halogens is 1. The highest BCUT2D eigenvalue weighted by molar-refractivity contribution is 9.10. The standard InChI is InChI=1S/C8H10BrN3O/c9-6-2-1-5-11-8(6)12-7(13)3-4-10/h1-2,5H,3-4,10H2,(H,11,12,13). The van der Waals surface area contributed by atoms with Gasteiger partial charge < -0.3 is 11.1 Å². The molecular weight excluding hydrogens is 234 g/mol. The summed E-state index contributed by atoms with van der Waals surface area (Å²) in [6, 6.07) is 3.59. The first-order valence-electron chi connectivity index (χ1n) is 3.84. The Morgan fingerprint density at radius 2 is 2.46 bits per heavy atom. The van der Waals surface area contributed by atoms with Crippen LogP contribution < -0.4 is 11.1 Å². The maximum absolute atomic E-state index is 11.1. The van der Waals surface area contributed by atoms with Gasteiger partial charge >= 0.3 is 0 Å². The molecule has 3 N–H and O–H groups in total. The number of hydrogen-bond donors (Lipinski definition) is 2. The Hall–Kier alpha value is -0.940. The predicted molar refractivity (Wildman–Crippen MR) is 54.2 cm³/mol. The molecule has 0 spiro atoms. The Morgan fingerprint density at radius 1 is 1.69 bits per heavy atom. The van der Waals surface area contributed by atoms with Crippen LogP contribution in [0.25, 0.3) is 0 Å². The molecule has 1 rings (SSSR count). The van der Waals surface area contributed by atoms with Gasteiger partial charge in [0.15, 0.2) is 0 Å². The van der Waals surface area contributed by atoms with E-state index in [0.717, 1.165) is 4.47 Å². The predicted octanol–water partition coefficient (Wildman–Crippen LogP) is 1.13. The SMILES string of the molecule is NCCC(=O)Nc1ncccc1Br. The third-order valence-corrected chi connectivity index (χ3v) is 2.03. The monoisotopic (exact) mass is 243 g/mol. The smallest absolute Gasteiger partial charge is 0.226 e. The van der Waals surface area contributed by atoms with Gasteiger partial charge in [-0.2, -0.15) is 0 Å². The van der Waals surface area contributed by atoms with Crippen LogP contribution in [-0.4, -0.2) is 17.4 Å². The number of amides is 1. The summed E-state index contributed by atoms with van der Waals surface area (Å²) in [7, 11) is 0. The number of pyridine rings is 1. The van der Waals surface area contributed by atoms with Crippen molar-refractivity contribution in [3.8, 4) is 0 Å². The topological polar surface area (TPSA) is 68.0 Å². The number of hydrogen-bond acceptors (Lipinski definition) is 3. The molecule has 1 aromatic rings. The third kappa shape index (κ3) is 3.12. The van der Waals surface area contributed by atoms with Crippen LogP contribution in [-0.2, 0) is 4.79 Å². The van der Waals surface area contributed by atoms with Gasteiger partial charge in [0.1, 0.15) is 5.82 Å². The number of anilines is 1. The van der Waals surface area contributed by atoms with E-state index < -0.39 is 0 Å². The second-order valence-electron chi connectivity index (χ2n) is 2.42. The molecule has 13 heavy (non-hydrogen) atoms. The molecule has 1 aromatic heterocycles. The fraction of sp³-hybridized carbons (Fsp3) is 0.250. The minimum atomic E-state index is -0.123. The summed E-state index contributed by atoms with van der Waals surface area (Å²) in [5.74, 6) is 0.405. The van der Waals surface area contributed by atoms with Gasteiger partial charge in [0, 0.05) is 19.2 Å². The third-order valence-electron chi connectivity index (χ3n) is 1.39. The van der Waals surface area contributed by atoms with Gasteiger partial charge in [-0.3, -0.25) is 4.79 Å². The lowest BCUT2D eigenvalue weighted by atomic mass is 10.4. The molecule has 0 saturated heterocycles. The van der Waals surface area contributed by atoms with Crippen molar-refractivity contribution in [3.63, 3.8) is 0 Å². The van der Waals surface area contributed by atoms with Crippen molar-refractivity contribution >= 4 is 27.7 Å². The second kappa shape index (κ2) is 4.94. The lowest BCUT2D eigenvalue weighted by Crippen LogP contribution is -2.17. The molecule has 0 saturated carbocycles. The molecule has 0 bridgehead atoms. The fourth-order valence-corrected chi connectivity index (χ4v) is 1.16. The first-order valence-corrected chi connectivity index (χ1v) is 4.64. The van der Waals surface area contributed by atoms with E-state index in [9.17, 15) is 4.79 Å². The molecule has 0 aromatic carbocycles. The molecular formula is C8H10BrN3O. The molecule has 5 heteroatoms. The van der Waals surface area contributed by atoms with Gasteiger partial charge in [0.25, 0.3) is 0 Å². The molecule has 1 amide bonds. The minimum Gasteiger partial charge on any atom is -0.330 e. The van der Waals surface area contributed by atoms with Crippen molar-refractivity contribution in [1.29, 1.82) is 0 Å². The molecule has 0 unspecified atom stereocenters. The van der Waals surface area contributed by atoms with Crippen LogP contribution in [0.2, 0.25) is 0 Å². The summed E-state index contributed by atoms with van der Waals surface area (Å²) >= 11 is 3.27. The van der Waals surface area contributed by atoms with E-state index in [1.807, 2.05) is 6.07 Å². The van der Waals surface area contributed by atoms with Crippen LogP contribution in [0.3, 0.4) is 0 Å². The zero-order chi connectivity index (χ0) is 9.68. The average Bonchev–Trinajstić information content (AvgIpc) is 2.09. The molecule has 70 valence electrons. The Labute approximate surface area is 84.7 Å². The van der Waals surface area contributed by atoms with E-state index in [2.05, 4.69) is 26.2 Å². The van der Waals surface area contributed by atoms with Crippen molar-refractivity contribution < 1.29 is 4.79 Å². The summed E-state index contributed by atoms with van der Waals surface area (Å²) < 4.78 is 0.764. The van der Waals surface area contributed by atoms with Crippen LogP contribution in [0, 0.1) is 0 Å². The maximum Gasteiger partial charge on any atom is 0.226 e. The number of nitrogens with one attached hydrogen (secondary N) is 1. The molecule has 0 aliphatic heterocycles. The van der Waals surface area contributed by atoms with E-state index in [-0.39, 0.29) is 5.91 Å². The quantitative estimate of drug-likeness (QED) is 0.837. The molecule has 0 fully saturated rings. The van der Waals surface area contributed by atoms with Gasteiger partial charge in [-0.15, -0.1) is 0 Å². The van der Waals surface area contributed by atoms with Gasteiger partial charge in [-0.05, 0) is 28.1 Å². The normalized spacial score (nSPS) is 9.69. The van der Waals surface area contributed by atoms with Gasteiger partial charge in [-0.25, -0.2) is 4.98 Å². The van der Waals surface area contributed by atoms with Crippen LogP contribution >= 0.6 is 15.9 Å². The lowest BCUT2D eigenvalue weighted by molar-refractivity contribution is -0.116. The Kier molecular flexibility index (Phi) is 3.85. The minimum absolute atomic E-state index is 0.123. The number of aromatic nitrogens is 1. The van der Waals surface area contributed by atoms with Crippen LogP contribution in [0.5, 0.6) is 0 Å². The summed E-state index contributed by atoms with van der Waals surface area (Å²) in [6.45, 7) is 0.344. The van der Waals surface area contributed by atoms with E-state index >= 15 is 0 Å². The second-order valence-corrected chi connectivity index (χ2v) is 3.28. The first kappa shape index (κ1) is 10.1. The molecule has 4 nitrogen and oxygen atoms in total. The molecule has 1 heterocycles. The highest BCUT2D eigenvalue weighted by atomic mass is 79.9. The fourth-order valence-electron chi connectivity index (χ4n) is 0.803. The van der Waals surface area contributed by atoms with Crippen LogP contribution in [0.1, 0.15) is 6.42 Å². The van der Waals surface area contributed by atoms with Crippen molar-refractivity contribution in [2.24, 2.45) is 5.73 Å². The van der Waals surface area contributed by atoms with Crippen molar-refractivity contribution in [2.75, 3.05) is 11.9 Å². The van der Waals surface area contributed by atoms with Gasteiger partial charge in [-0.1, -0.05) is 0 Å². The Balaban J connectivity index is 2.63. The van der Waals surface area contributed by atoms with Gasteiger partial charge in [0.05, 0.1) is 4.47 Å². The highest BCUT2D eigenvalue weighted by Gasteiger charge is 2.04. The molecule has 0 radical (unpaired) electrons. The first-order chi connectivity index (χ1) is 6.24. The summed E-state index contributed by atoms with van der Waals surface area (Å²) in [6.07, 6.45) is 1.92. The zero-order valence-corrected chi connectivity index (χ0v) is 8.54. The number of nitrogens with zero attached hydrogens (tertiary/aromatic N) is 1. The van der Waals surface area contributed by atoms with Crippen molar-refractivity contribution in [2.45, 2.75) is 6.42 Å². The van der Waals surface area contributed by atoms with E-state index in [1.54, 1.807) is 12.3 Å². The summed E-state index contributed by atoms with van der Waals surface area (Å²) in [5.41, 5.74) is 5.23. The zero-order valence-electron chi connectivity index (χ0n) is 6.96. The summed E-state index contributed by atoms with van der Waals surface area (Å²) in [5, 5.41) is 2.63. The number of carbonyl (C=O) groups is 1. The van der Waals surface area contributed by atoms with Crippen molar-refractivity contribution in [3.05, 3.63) is 22.8 Å². The molecule has 0 aliphatic carbocycles. The van der Waals surface area contributed by atoms with Crippen LogP contribution in [0.4, 0.5) is 5.82 Å². The molecule has 0 atom stereocenters. The van der Waals surface area contributed by atoms with E-state index in [1.165, 1.54) is 0 Å². The Morgan fingerprint density at radius 3 is 3.08 bits per heavy atom. The van der Waals surface area contributed by atoms with Gasteiger partial charge in [0.2, 0.25) is 5.91 Å². The maximum atomic E-state index is 11.1. The largest absolute Gasteiger partial charge is 0.330 e. The highest BCUT2D eigenvalue weighted by Crippen LogP contribution is 2.17. The van der Waals surface area contributed by atoms with E-state index in [0.29, 0.717) is 18.8 Å². The number of carbonyl (C=O) groups excluding carboxylic acids is 1. The van der Waals surface area contributed by atoms with E-state index in [4.69, 9.17) is 5.73 Å². The Bertz CT molecular complexity index is 303. The average molecular weight is 244 g/mol. The number of nitrogens with two attached hydrogens (primary N) is 1. The van der Waals surface area contributed by atoms with Crippen LogP contribution in [0.15, 0.2) is 22.8 Å². The lowest BCUT2D eigenvalue weighted by Gasteiger charge is -2.04. The summed E-state index contributed by atoms with van der Waals surface area (Å²) in [4.78, 5) is 15.1. The molecule has 0 aliphatic rings. The van der Waals surface area contributed by atoms with Crippen molar-refractivity contribution in [1.82, 2.24) is 4.98 Å².